The topological polar surface area (TPSA) is 62.2 Å². The molecule has 0 spiro atoms. The third-order valence-electron chi connectivity index (χ3n) is 3.54. The molecule has 0 aromatic carbocycles. The molecule has 0 radical (unpaired) electrons. The van der Waals surface area contributed by atoms with Gasteiger partial charge in [0.25, 0.3) is 0 Å². The number of hydrogen-bond acceptors (Lipinski definition) is 3. The van der Waals surface area contributed by atoms with Crippen LogP contribution in [0.3, 0.4) is 0 Å². The second kappa shape index (κ2) is 4.45. The quantitative estimate of drug-likeness (QED) is 0.817. The normalized spacial score (nSPS) is 20.6. The first-order chi connectivity index (χ1) is 8.04. The maximum atomic E-state index is 11.4. The second-order valence-electron chi connectivity index (χ2n) is 4.93. The van der Waals surface area contributed by atoms with Crippen molar-refractivity contribution in [2.24, 2.45) is 5.92 Å². The fourth-order valence-electron chi connectivity index (χ4n) is 2.18. The second-order valence-corrected chi connectivity index (χ2v) is 4.93. The molecule has 92 valence electrons. The number of rotatable bonds is 5. The summed E-state index contributed by atoms with van der Waals surface area (Å²) in [7, 11) is 0. The molecule has 1 aromatic heterocycles. The lowest BCUT2D eigenvalue weighted by atomic mass is 9.94. The van der Waals surface area contributed by atoms with E-state index in [2.05, 4.69) is 10.3 Å². The first-order valence-electron chi connectivity index (χ1n) is 5.95. The SMILES string of the molecule is CC(NC(C)(C(=O)O)C1CC1)c1cccnc1. The summed E-state index contributed by atoms with van der Waals surface area (Å²) in [4.78, 5) is 15.4. The van der Waals surface area contributed by atoms with Gasteiger partial charge in [-0.2, -0.15) is 0 Å². The summed E-state index contributed by atoms with van der Waals surface area (Å²) in [5.74, 6) is -0.519. The first-order valence-corrected chi connectivity index (χ1v) is 5.95. The standard InChI is InChI=1S/C13H18N2O2/c1-9(10-4-3-7-14-8-10)15-13(2,12(16)17)11-5-6-11/h3-4,7-9,11,15H,5-6H2,1-2H3,(H,16,17). The van der Waals surface area contributed by atoms with Gasteiger partial charge < -0.3 is 5.11 Å². The fraction of sp³-hybridized carbons (Fsp3) is 0.538. The lowest BCUT2D eigenvalue weighted by Gasteiger charge is -2.30. The molecule has 1 saturated carbocycles. The average molecular weight is 234 g/mol. The molecule has 2 atom stereocenters. The molecular weight excluding hydrogens is 216 g/mol. The fourth-order valence-corrected chi connectivity index (χ4v) is 2.18. The van der Waals surface area contributed by atoms with Gasteiger partial charge in [0.15, 0.2) is 0 Å². The van der Waals surface area contributed by atoms with Gasteiger partial charge in [-0.3, -0.25) is 15.1 Å². The van der Waals surface area contributed by atoms with Crippen LogP contribution >= 0.6 is 0 Å². The molecular formula is C13H18N2O2. The predicted octanol–water partition coefficient (Wildman–Crippen LogP) is 1.99. The van der Waals surface area contributed by atoms with Crippen LogP contribution in [0.1, 0.15) is 38.3 Å². The Balaban J connectivity index is 2.11. The van der Waals surface area contributed by atoms with Crippen molar-refractivity contribution in [3.8, 4) is 0 Å². The van der Waals surface area contributed by atoms with Crippen LogP contribution in [0.2, 0.25) is 0 Å². The van der Waals surface area contributed by atoms with Gasteiger partial charge in [-0.1, -0.05) is 6.07 Å². The van der Waals surface area contributed by atoms with Crippen molar-refractivity contribution in [3.05, 3.63) is 30.1 Å². The molecule has 0 amide bonds. The van der Waals surface area contributed by atoms with Crippen LogP contribution in [0.4, 0.5) is 0 Å². The van der Waals surface area contributed by atoms with Gasteiger partial charge in [-0.05, 0) is 44.2 Å². The zero-order valence-corrected chi connectivity index (χ0v) is 10.2. The average Bonchev–Trinajstić information content (AvgIpc) is 3.13. The van der Waals surface area contributed by atoms with Crippen LogP contribution in [0.25, 0.3) is 0 Å². The first kappa shape index (κ1) is 12.0. The highest BCUT2D eigenvalue weighted by Gasteiger charge is 2.48. The zero-order valence-electron chi connectivity index (χ0n) is 10.2. The number of aromatic nitrogens is 1. The van der Waals surface area contributed by atoms with E-state index in [1.807, 2.05) is 19.1 Å². The molecule has 1 fully saturated rings. The molecule has 4 heteroatoms. The highest BCUT2D eigenvalue weighted by Crippen LogP contribution is 2.40. The molecule has 0 bridgehead atoms. The maximum Gasteiger partial charge on any atom is 0.323 e. The number of nitrogens with one attached hydrogen (secondary N) is 1. The third-order valence-corrected chi connectivity index (χ3v) is 3.54. The van der Waals surface area contributed by atoms with Crippen molar-refractivity contribution < 1.29 is 9.90 Å². The van der Waals surface area contributed by atoms with E-state index in [0.29, 0.717) is 0 Å². The van der Waals surface area contributed by atoms with Gasteiger partial charge in [-0.15, -0.1) is 0 Å². The molecule has 1 aromatic rings. The van der Waals surface area contributed by atoms with Crippen LogP contribution in [0.5, 0.6) is 0 Å². The van der Waals surface area contributed by atoms with E-state index in [1.165, 1.54) is 0 Å². The monoisotopic (exact) mass is 234 g/mol. The summed E-state index contributed by atoms with van der Waals surface area (Å²) in [6.45, 7) is 3.75. The number of carboxylic acids is 1. The van der Waals surface area contributed by atoms with Crippen molar-refractivity contribution in [2.45, 2.75) is 38.3 Å². The molecule has 1 aliphatic rings. The lowest BCUT2D eigenvalue weighted by molar-refractivity contribution is -0.145. The summed E-state index contributed by atoms with van der Waals surface area (Å²) < 4.78 is 0. The Hall–Kier alpha value is -1.42. The van der Waals surface area contributed by atoms with Gasteiger partial charge >= 0.3 is 5.97 Å². The van der Waals surface area contributed by atoms with Crippen molar-refractivity contribution in [1.82, 2.24) is 10.3 Å². The number of carboxylic acid groups (broad SMARTS) is 1. The van der Waals surface area contributed by atoms with Crippen molar-refractivity contribution in [2.75, 3.05) is 0 Å². The molecule has 2 N–H and O–H groups in total. The predicted molar refractivity (Wildman–Crippen MR) is 64.6 cm³/mol. The van der Waals surface area contributed by atoms with Gasteiger partial charge in [0, 0.05) is 18.4 Å². The molecule has 0 saturated heterocycles. The van der Waals surface area contributed by atoms with Gasteiger partial charge in [0.2, 0.25) is 0 Å². The van der Waals surface area contributed by atoms with Crippen molar-refractivity contribution >= 4 is 5.97 Å². The third kappa shape index (κ3) is 2.47. The number of aliphatic carboxylic acids is 1. The Labute approximate surface area is 101 Å². The van der Waals surface area contributed by atoms with E-state index < -0.39 is 11.5 Å². The van der Waals surface area contributed by atoms with E-state index in [0.717, 1.165) is 18.4 Å². The highest BCUT2D eigenvalue weighted by molar-refractivity contribution is 5.79. The van der Waals surface area contributed by atoms with E-state index in [9.17, 15) is 9.90 Å². The van der Waals surface area contributed by atoms with E-state index >= 15 is 0 Å². The van der Waals surface area contributed by atoms with Gasteiger partial charge in [-0.25, -0.2) is 0 Å². The molecule has 2 unspecified atom stereocenters. The molecule has 1 aliphatic carbocycles. The lowest BCUT2D eigenvalue weighted by Crippen LogP contribution is -2.52. The number of hydrogen-bond donors (Lipinski definition) is 2. The molecule has 17 heavy (non-hydrogen) atoms. The minimum atomic E-state index is -0.824. The van der Waals surface area contributed by atoms with Gasteiger partial charge in [0.05, 0.1) is 0 Å². The Morgan fingerprint density at radius 1 is 1.65 bits per heavy atom. The van der Waals surface area contributed by atoms with Crippen LogP contribution in [-0.2, 0) is 4.79 Å². The van der Waals surface area contributed by atoms with Crippen LogP contribution in [0.15, 0.2) is 24.5 Å². The Bertz CT molecular complexity index is 403. The highest BCUT2D eigenvalue weighted by atomic mass is 16.4. The smallest absolute Gasteiger partial charge is 0.323 e. The van der Waals surface area contributed by atoms with E-state index in [1.54, 1.807) is 19.3 Å². The minimum Gasteiger partial charge on any atom is -0.480 e. The zero-order chi connectivity index (χ0) is 12.5. The number of pyridine rings is 1. The molecule has 2 rings (SSSR count). The summed E-state index contributed by atoms with van der Waals surface area (Å²) >= 11 is 0. The van der Waals surface area contributed by atoms with E-state index in [4.69, 9.17) is 0 Å². The largest absolute Gasteiger partial charge is 0.480 e. The Morgan fingerprint density at radius 2 is 2.35 bits per heavy atom. The Morgan fingerprint density at radius 3 is 2.82 bits per heavy atom. The van der Waals surface area contributed by atoms with Crippen molar-refractivity contribution in [3.63, 3.8) is 0 Å². The van der Waals surface area contributed by atoms with Crippen molar-refractivity contribution in [1.29, 1.82) is 0 Å². The molecule has 1 heterocycles. The number of carbonyl (C=O) groups is 1. The maximum absolute atomic E-state index is 11.4. The summed E-state index contributed by atoms with van der Waals surface area (Å²) in [6.07, 6.45) is 5.48. The molecule has 0 aliphatic heterocycles. The number of nitrogens with zero attached hydrogens (tertiary/aromatic N) is 1. The summed E-state index contributed by atoms with van der Waals surface area (Å²) in [6, 6.07) is 3.81. The van der Waals surface area contributed by atoms with Gasteiger partial charge in [0.1, 0.15) is 5.54 Å². The van der Waals surface area contributed by atoms with Crippen LogP contribution < -0.4 is 5.32 Å². The van der Waals surface area contributed by atoms with E-state index in [-0.39, 0.29) is 12.0 Å². The summed E-state index contributed by atoms with van der Waals surface area (Å²) in [5.41, 5.74) is 0.190. The molecule has 4 nitrogen and oxygen atoms in total. The minimum absolute atomic E-state index is 0.00889. The Kier molecular flexibility index (Phi) is 3.15. The summed E-state index contributed by atoms with van der Waals surface area (Å²) in [5, 5.41) is 12.6. The van der Waals surface area contributed by atoms with Crippen LogP contribution in [-0.4, -0.2) is 21.6 Å². The van der Waals surface area contributed by atoms with Crippen LogP contribution in [0, 0.1) is 5.92 Å².